The number of nitrogens with two attached hydrogens (primary N) is 1. The van der Waals surface area contributed by atoms with Gasteiger partial charge in [0.2, 0.25) is 5.91 Å². The van der Waals surface area contributed by atoms with Gasteiger partial charge in [0.25, 0.3) is 0 Å². The number of nitrogens with zero attached hydrogens (tertiary/aromatic N) is 1. The molecule has 1 saturated heterocycles. The third-order valence-corrected chi connectivity index (χ3v) is 3.34. The number of hydrogen-bond donors (Lipinski definition) is 2. The monoisotopic (exact) mass is 212 g/mol. The highest BCUT2D eigenvalue weighted by Gasteiger charge is 2.47. The zero-order valence-corrected chi connectivity index (χ0v) is 8.56. The fourth-order valence-corrected chi connectivity index (χ4v) is 2.60. The molecule has 1 aliphatic carbocycles. The molecule has 0 aromatic heterocycles. The van der Waals surface area contributed by atoms with Gasteiger partial charge in [0.05, 0.1) is 12.5 Å². The predicted octanol–water partition coefficient (Wildman–Crippen LogP) is -0.343. The van der Waals surface area contributed by atoms with Crippen LogP contribution in [0.2, 0.25) is 0 Å². The molecular weight excluding hydrogens is 196 g/mol. The number of hydrogen-bond acceptors (Lipinski definition) is 3. The first-order chi connectivity index (χ1) is 7.09. The smallest absolute Gasteiger partial charge is 0.308 e. The normalized spacial score (nSPS) is 31.7. The van der Waals surface area contributed by atoms with Crippen LogP contribution in [-0.2, 0) is 9.59 Å². The Morgan fingerprint density at radius 1 is 1.33 bits per heavy atom. The van der Waals surface area contributed by atoms with E-state index in [1.54, 1.807) is 0 Å². The van der Waals surface area contributed by atoms with Crippen LogP contribution in [0.3, 0.4) is 0 Å². The predicted molar refractivity (Wildman–Crippen MR) is 53.0 cm³/mol. The molecule has 5 heteroatoms. The Bertz CT molecular complexity index is 288. The number of amides is 1. The average Bonchev–Trinajstić information content (AvgIpc) is 2.87. The molecule has 1 aliphatic heterocycles. The molecule has 0 bridgehead atoms. The van der Waals surface area contributed by atoms with Gasteiger partial charge in [-0.3, -0.25) is 14.5 Å². The van der Waals surface area contributed by atoms with E-state index in [0.717, 1.165) is 12.8 Å². The van der Waals surface area contributed by atoms with Gasteiger partial charge in [0.1, 0.15) is 0 Å². The number of carbonyl (C=O) groups is 2. The zero-order valence-electron chi connectivity index (χ0n) is 8.56. The molecule has 1 amide bonds. The van der Waals surface area contributed by atoms with Crippen molar-refractivity contribution in [1.82, 2.24) is 4.90 Å². The van der Waals surface area contributed by atoms with Crippen molar-refractivity contribution in [2.24, 2.45) is 17.6 Å². The topological polar surface area (TPSA) is 83.6 Å². The van der Waals surface area contributed by atoms with Crippen molar-refractivity contribution in [2.75, 3.05) is 13.1 Å². The summed E-state index contributed by atoms with van der Waals surface area (Å²) in [5.74, 6) is -0.949. The summed E-state index contributed by atoms with van der Waals surface area (Å²) in [4.78, 5) is 23.8. The maximum Gasteiger partial charge on any atom is 0.308 e. The molecule has 0 unspecified atom stereocenters. The Kier molecular flexibility index (Phi) is 2.65. The molecule has 5 nitrogen and oxygen atoms in total. The van der Waals surface area contributed by atoms with Gasteiger partial charge in [0, 0.05) is 6.04 Å². The van der Waals surface area contributed by atoms with Crippen molar-refractivity contribution in [1.29, 1.82) is 0 Å². The van der Waals surface area contributed by atoms with Crippen LogP contribution < -0.4 is 5.73 Å². The molecule has 0 radical (unpaired) electrons. The Morgan fingerprint density at radius 3 is 2.47 bits per heavy atom. The van der Waals surface area contributed by atoms with Crippen LogP contribution in [0, 0.1) is 11.8 Å². The minimum atomic E-state index is -0.737. The minimum absolute atomic E-state index is 0.0370. The van der Waals surface area contributed by atoms with Gasteiger partial charge in [-0.15, -0.1) is 0 Å². The van der Waals surface area contributed by atoms with Gasteiger partial charge in [-0.05, 0) is 31.7 Å². The maximum absolute atomic E-state index is 11.0. The van der Waals surface area contributed by atoms with Gasteiger partial charge < -0.3 is 10.8 Å². The van der Waals surface area contributed by atoms with Crippen molar-refractivity contribution in [3.63, 3.8) is 0 Å². The van der Waals surface area contributed by atoms with Crippen molar-refractivity contribution < 1.29 is 14.7 Å². The summed E-state index contributed by atoms with van der Waals surface area (Å²) >= 11 is 0. The van der Waals surface area contributed by atoms with Crippen molar-refractivity contribution in [3.8, 4) is 0 Å². The van der Waals surface area contributed by atoms with Crippen LogP contribution in [0.25, 0.3) is 0 Å². The van der Waals surface area contributed by atoms with E-state index in [4.69, 9.17) is 10.8 Å². The fraction of sp³-hybridized carbons (Fsp3) is 0.800. The van der Waals surface area contributed by atoms with E-state index in [-0.39, 0.29) is 24.4 Å². The van der Waals surface area contributed by atoms with E-state index in [1.807, 2.05) is 4.90 Å². The highest BCUT2D eigenvalue weighted by Crippen LogP contribution is 2.42. The summed E-state index contributed by atoms with van der Waals surface area (Å²) in [6.07, 6.45) is 2.82. The molecule has 2 aliphatic rings. The van der Waals surface area contributed by atoms with Crippen LogP contribution in [0.4, 0.5) is 0 Å². The highest BCUT2D eigenvalue weighted by molar-refractivity contribution is 5.76. The number of carbonyl (C=O) groups excluding carboxylic acids is 1. The molecule has 2 atom stereocenters. The first-order valence-corrected chi connectivity index (χ1v) is 5.34. The highest BCUT2D eigenvalue weighted by atomic mass is 16.4. The quantitative estimate of drug-likeness (QED) is 0.667. The van der Waals surface area contributed by atoms with Gasteiger partial charge in [-0.1, -0.05) is 0 Å². The molecule has 0 aromatic carbocycles. The van der Waals surface area contributed by atoms with E-state index < -0.39 is 5.97 Å². The number of rotatable bonds is 4. The third kappa shape index (κ3) is 2.12. The van der Waals surface area contributed by atoms with E-state index in [0.29, 0.717) is 18.9 Å². The SMILES string of the molecule is NC(=O)CN1CC[C@H](C(=O)O)[C@H]1C1CC1. The Morgan fingerprint density at radius 2 is 2.00 bits per heavy atom. The van der Waals surface area contributed by atoms with Crippen molar-refractivity contribution in [2.45, 2.75) is 25.3 Å². The first kappa shape index (κ1) is 10.4. The summed E-state index contributed by atoms with van der Waals surface area (Å²) in [5, 5.41) is 9.07. The summed E-state index contributed by atoms with van der Waals surface area (Å²) in [7, 11) is 0. The van der Waals surface area contributed by atoms with E-state index in [1.165, 1.54) is 0 Å². The molecule has 1 saturated carbocycles. The summed E-state index contributed by atoms with van der Waals surface area (Å²) < 4.78 is 0. The number of primary amides is 1. The zero-order chi connectivity index (χ0) is 11.0. The van der Waals surface area contributed by atoms with E-state index in [2.05, 4.69) is 0 Å². The summed E-state index contributed by atoms with van der Waals surface area (Å²) in [6.45, 7) is 0.881. The Hall–Kier alpha value is -1.10. The van der Waals surface area contributed by atoms with Crippen molar-refractivity contribution >= 4 is 11.9 Å². The first-order valence-electron chi connectivity index (χ1n) is 5.34. The number of aliphatic carboxylic acids is 1. The second-order valence-electron chi connectivity index (χ2n) is 4.50. The lowest BCUT2D eigenvalue weighted by Crippen LogP contribution is -2.41. The average molecular weight is 212 g/mol. The lowest BCUT2D eigenvalue weighted by atomic mass is 9.96. The lowest BCUT2D eigenvalue weighted by molar-refractivity contribution is -0.143. The number of carboxylic acids is 1. The molecule has 1 heterocycles. The Balaban J connectivity index is 2.06. The van der Waals surface area contributed by atoms with Crippen molar-refractivity contribution in [3.05, 3.63) is 0 Å². The Labute approximate surface area is 88.2 Å². The summed E-state index contributed by atoms with van der Waals surface area (Å²) in [6, 6.07) is 0.0370. The van der Waals surface area contributed by atoms with Crippen LogP contribution in [0.15, 0.2) is 0 Å². The second kappa shape index (κ2) is 3.81. The van der Waals surface area contributed by atoms with Gasteiger partial charge in [-0.25, -0.2) is 0 Å². The second-order valence-corrected chi connectivity index (χ2v) is 4.50. The largest absolute Gasteiger partial charge is 0.481 e. The molecule has 0 spiro atoms. The van der Waals surface area contributed by atoms with Crippen LogP contribution in [0.5, 0.6) is 0 Å². The molecule has 2 rings (SSSR count). The van der Waals surface area contributed by atoms with Gasteiger partial charge in [0.15, 0.2) is 0 Å². The molecule has 15 heavy (non-hydrogen) atoms. The number of likely N-dealkylation sites (tertiary alicyclic amines) is 1. The summed E-state index contributed by atoms with van der Waals surface area (Å²) in [5.41, 5.74) is 5.15. The minimum Gasteiger partial charge on any atom is -0.481 e. The van der Waals surface area contributed by atoms with Crippen LogP contribution in [0.1, 0.15) is 19.3 Å². The van der Waals surface area contributed by atoms with Gasteiger partial charge >= 0.3 is 5.97 Å². The standard InChI is InChI=1S/C10H16N2O3/c11-8(13)5-12-4-3-7(10(14)15)9(12)6-1-2-6/h6-7,9H,1-5H2,(H2,11,13)(H,14,15)/t7-,9+/m0/s1. The van der Waals surface area contributed by atoms with E-state index in [9.17, 15) is 9.59 Å². The third-order valence-electron chi connectivity index (χ3n) is 3.34. The van der Waals surface area contributed by atoms with Crippen LogP contribution in [-0.4, -0.2) is 41.0 Å². The fourth-order valence-electron chi connectivity index (χ4n) is 2.60. The van der Waals surface area contributed by atoms with Gasteiger partial charge in [-0.2, -0.15) is 0 Å². The molecule has 3 N–H and O–H groups in total. The molecule has 2 fully saturated rings. The lowest BCUT2D eigenvalue weighted by Gasteiger charge is -2.25. The molecular formula is C10H16N2O3. The number of carboxylic acid groups (broad SMARTS) is 1. The molecule has 0 aromatic rings. The van der Waals surface area contributed by atoms with Crippen LogP contribution >= 0.6 is 0 Å². The molecule has 84 valence electrons. The maximum atomic E-state index is 11.0. The van der Waals surface area contributed by atoms with E-state index >= 15 is 0 Å².